The van der Waals surface area contributed by atoms with Crippen molar-refractivity contribution in [1.82, 2.24) is 4.90 Å². The fourth-order valence-electron chi connectivity index (χ4n) is 2.95. The molecule has 4 nitrogen and oxygen atoms in total. The summed E-state index contributed by atoms with van der Waals surface area (Å²) in [5.74, 6) is 0.886. The number of likely N-dealkylation sites (tertiary alicyclic amines) is 1. The van der Waals surface area contributed by atoms with Crippen LogP contribution in [-0.4, -0.2) is 30.4 Å². The first kappa shape index (κ1) is 15.0. The van der Waals surface area contributed by atoms with E-state index in [-0.39, 0.29) is 0 Å². The molecule has 0 aliphatic carbocycles. The smallest absolute Gasteiger partial charge is 0.243 e. The van der Waals surface area contributed by atoms with Gasteiger partial charge in [0.15, 0.2) is 0 Å². The van der Waals surface area contributed by atoms with Crippen molar-refractivity contribution in [2.24, 2.45) is 23.3 Å². The van der Waals surface area contributed by atoms with Crippen molar-refractivity contribution in [1.29, 1.82) is 0 Å². The van der Waals surface area contributed by atoms with E-state index >= 15 is 0 Å². The zero-order valence-electron chi connectivity index (χ0n) is 12.4. The lowest BCUT2D eigenvalue weighted by Crippen LogP contribution is -2.56. The molecule has 0 spiro atoms. The van der Waals surface area contributed by atoms with Gasteiger partial charge in [-0.05, 0) is 30.4 Å². The van der Waals surface area contributed by atoms with E-state index in [1.165, 1.54) is 6.42 Å². The quantitative estimate of drug-likeness (QED) is 0.851. The van der Waals surface area contributed by atoms with E-state index in [0.717, 1.165) is 18.7 Å². The van der Waals surface area contributed by atoms with Gasteiger partial charge in [-0.25, -0.2) is 0 Å². The molecule has 110 valence electrons. The highest BCUT2D eigenvalue weighted by molar-refractivity contribution is 5.86. The Morgan fingerprint density at radius 3 is 2.55 bits per heavy atom. The van der Waals surface area contributed by atoms with Gasteiger partial charge in [-0.15, -0.1) is 0 Å². The minimum Gasteiger partial charge on any atom is -0.368 e. The Hall–Kier alpha value is -1.39. The summed E-state index contributed by atoms with van der Waals surface area (Å²) in [5, 5.41) is 0. The molecule has 4 N–H and O–H groups in total. The van der Waals surface area contributed by atoms with Crippen LogP contribution in [0.25, 0.3) is 0 Å². The van der Waals surface area contributed by atoms with Crippen LogP contribution in [0.2, 0.25) is 0 Å². The lowest BCUT2D eigenvalue weighted by atomic mass is 9.89. The maximum atomic E-state index is 11.9. The monoisotopic (exact) mass is 275 g/mol. The van der Waals surface area contributed by atoms with Gasteiger partial charge in [0.2, 0.25) is 5.91 Å². The Balaban J connectivity index is 2.13. The van der Waals surface area contributed by atoms with Crippen LogP contribution in [0.15, 0.2) is 30.3 Å². The van der Waals surface area contributed by atoms with E-state index < -0.39 is 11.4 Å². The van der Waals surface area contributed by atoms with Crippen molar-refractivity contribution in [2.45, 2.75) is 25.8 Å². The molecular formula is C16H25N3O. The molecule has 1 saturated heterocycles. The molecule has 2 rings (SSSR count). The minimum absolute atomic E-state index is 0.461. The van der Waals surface area contributed by atoms with Gasteiger partial charge in [0.25, 0.3) is 0 Å². The normalized spacial score (nSPS) is 22.9. The highest BCUT2D eigenvalue weighted by atomic mass is 16.1. The molecule has 1 fully saturated rings. The summed E-state index contributed by atoms with van der Waals surface area (Å²) in [7, 11) is 0. The van der Waals surface area contributed by atoms with Gasteiger partial charge in [-0.1, -0.05) is 44.2 Å². The first-order valence-corrected chi connectivity index (χ1v) is 7.30. The second-order valence-electron chi connectivity index (χ2n) is 6.23. The standard InChI is InChI=1S/C16H25N3O/c1-12(2)13-8-9-19(10-13)11-16(18,15(17)20)14-6-4-3-5-7-14/h3-7,12-13H,8-11,18H2,1-2H3,(H2,17,20). The second-order valence-corrected chi connectivity index (χ2v) is 6.23. The largest absolute Gasteiger partial charge is 0.368 e. The number of nitrogens with zero attached hydrogens (tertiary/aromatic N) is 1. The van der Waals surface area contributed by atoms with E-state index in [0.29, 0.717) is 18.4 Å². The predicted molar refractivity (Wildman–Crippen MR) is 80.9 cm³/mol. The van der Waals surface area contributed by atoms with Crippen molar-refractivity contribution in [2.75, 3.05) is 19.6 Å². The van der Waals surface area contributed by atoms with Crippen molar-refractivity contribution in [3.05, 3.63) is 35.9 Å². The van der Waals surface area contributed by atoms with Crippen LogP contribution >= 0.6 is 0 Å². The van der Waals surface area contributed by atoms with E-state index in [1.807, 2.05) is 30.3 Å². The summed E-state index contributed by atoms with van der Waals surface area (Å²) in [4.78, 5) is 14.2. The van der Waals surface area contributed by atoms with Crippen molar-refractivity contribution >= 4 is 5.91 Å². The Morgan fingerprint density at radius 1 is 1.40 bits per heavy atom. The molecule has 0 aromatic heterocycles. The van der Waals surface area contributed by atoms with Crippen LogP contribution in [-0.2, 0) is 10.3 Å². The van der Waals surface area contributed by atoms with E-state index in [2.05, 4.69) is 18.7 Å². The fourth-order valence-corrected chi connectivity index (χ4v) is 2.95. The number of benzene rings is 1. The van der Waals surface area contributed by atoms with Crippen LogP contribution in [0.4, 0.5) is 0 Å². The van der Waals surface area contributed by atoms with Gasteiger partial charge >= 0.3 is 0 Å². The first-order chi connectivity index (χ1) is 9.43. The molecule has 1 heterocycles. The number of rotatable bonds is 5. The highest BCUT2D eigenvalue weighted by Crippen LogP contribution is 2.27. The van der Waals surface area contributed by atoms with Gasteiger partial charge in [-0.3, -0.25) is 4.79 Å². The third kappa shape index (κ3) is 3.02. The summed E-state index contributed by atoms with van der Waals surface area (Å²) < 4.78 is 0. The number of hydrogen-bond acceptors (Lipinski definition) is 3. The Kier molecular flexibility index (Phi) is 4.45. The third-order valence-corrected chi connectivity index (χ3v) is 4.45. The number of nitrogens with two attached hydrogens (primary N) is 2. The van der Waals surface area contributed by atoms with Crippen molar-refractivity contribution in [3.63, 3.8) is 0 Å². The molecule has 0 radical (unpaired) electrons. The second kappa shape index (κ2) is 5.94. The van der Waals surface area contributed by atoms with Gasteiger partial charge < -0.3 is 16.4 Å². The molecule has 2 unspecified atom stereocenters. The zero-order valence-corrected chi connectivity index (χ0v) is 12.4. The van der Waals surface area contributed by atoms with Crippen LogP contribution in [0.5, 0.6) is 0 Å². The SMILES string of the molecule is CC(C)C1CCN(CC(N)(C(N)=O)c2ccccc2)C1. The molecule has 1 aromatic carbocycles. The third-order valence-electron chi connectivity index (χ3n) is 4.45. The van der Waals surface area contributed by atoms with Crippen molar-refractivity contribution < 1.29 is 4.79 Å². The number of carbonyl (C=O) groups excluding carboxylic acids is 1. The lowest BCUT2D eigenvalue weighted by Gasteiger charge is -2.31. The molecule has 0 bridgehead atoms. The molecule has 0 saturated carbocycles. The first-order valence-electron chi connectivity index (χ1n) is 7.30. The number of carbonyl (C=O) groups is 1. The van der Waals surface area contributed by atoms with E-state index in [9.17, 15) is 4.79 Å². The summed E-state index contributed by atoms with van der Waals surface area (Å²) in [6.45, 7) is 6.97. The van der Waals surface area contributed by atoms with E-state index in [1.54, 1.807) is 0 Å². The van der Waals surface area contributed by atoms with Crippen LogP contribution < -0.4 is 11.5 Å². The number of amides is 1. The molecule has 2 atom stereocenters. The zero-order chi connectivity index (χ0) is 14.8. The Bertz CT molecular complexity index is 460. The van der Waals surface area contributed by atoms with Gasteiger partial charge in [0, 0.05) is 13.1 Å². The molecule has 1 aromatic rings. The van der Waals surface area contributed by atoms with E-state index in [4.69, 9.17) is 11.5 Å². The molecule has 1 aliphatic heterocycles. The minimum atomic E-state index is -1.10. The fraction of sp³-hybridized carbons (Fsp3) is 0.562. The summed E-state index contributed by atoms with van der Waals surface area (Å²) in [6.07, 6.45) is 1.17. The number of hydrogen-bond donors (Lipinski definition) is 2. The van der Waals surface area contributed by atoms with Crippen molar-refractivity contribution in [3.8, 4) is 0 Å². The van der Waals surface area contributed by atoms with Gasteiger partial charge in [0.1, 0.15) is 5.54 Å². The summed E-state index contributed by atoms with van der Waals surface area (Å²) >= 11 is 0. The van der Waals surface area contributed by atoms with Crippen LogP contribution in [0.1, 0.15) is 25.8 Å². The van der Waals surface area contributed by atoms with Gasteiger partial charge in [-0.2, -0.15) is 0 Å². The summed E-state index contributed by atoms with van der Waals surface area (Å²) in [6, 6.07) is 9.44. The molecule has 1 amide bonds. The molecule has 20 heavy (non-hydrogen) atoms. The predicted octanol–water partition coefficient (Wildman–Crippen LogP) is 1.30. The molecular weight excluding hydrogens is 250 g/mol. The van der Waals surface area contributed by atoms with Gasteiger partial charge in [0.05, 0.1) is 0 Å². The highest BCUT2D eigenvalue weighted by Gasteiger charge is 2.38. The summed E-state index contributed by atoms with van der Waals surface area (Å²) in [5.41, 5.74) is 11.6. The Morgan fingerprint density at radius 2 is 2.05 bits per heavy atom. The average Bonchev–Trinajstić information content (AvgIpc) is 2.88. The maximum absolute atomic E-state index is 11.9. The maximum Gasteiger partial charge on any atom is 0.243 e. The van der Waals surface area contributed by atoms with Crippen LogP contribution in [0.3, 0.4) is 0 Å². The molecule has 1 aliphatic rings. The number of primary amides is 1. The van der Waals surface area contributed by atoms with Crippen LogP contribution in [0, 0.1) is 11.8 Å². The Labute approximate surface area is 121 Å². The average molecular weight is 275 g/mol. The lowest BCUT2D eigenvalue weighted by molar-refractivity contribution is -0.124. The molecule has 4 heteroatoms. The topological polar surface area (TPSA) is 72.3 Å².